The van der Waals surface area contributed by atoms with E-state index in [0.717, 1.165) is 23.4 Å². The van der Waals surface area contributed by atoms with Crippen LogP contribution in [-0.2, 0) is 11.2 Å². The lowest BCUT2D eigenvalue weighted by Crippen LogP contribution is -2.25. The summed E-state index contributed by atoms with van der Waals surface area (Å²) in [5.41, 5.74) is 8.35. The highest BCUT2D eigenvalue weighted by Crippen LogP contribution is 2.15. The van der Waals surface area contributed by atoms with Crippen LogP contribution in [0, 0.1) is 10.1 Å². The molecule has 0 bridgehead atoms. The van der Waals surface area contributed by atoms with Crippen LogP contribution in [0.1, 0.15) is 18.4 Å². The van der Waals surface area contributed by atoms with E-state index in [1.807, 2.05) is 24.3 Å². The summed E-state index contributed by atoms with van der Waals surface area (Å²) in [6.45, 7) is 1.22. The Kier molecular flexibility index (Phi) is 6.76. The first-order chi connectivity index (χ1) is 12.0. The predicted octanol–water partition coefficient (Wildman–Crippen LogP) is 2.73. The van der Waals surface area contributed by atoms with Gasteiger partial charge in [0.1, 0.15) is 0 Å². The number of nitrogens with one attached hydrogen (secondary N) is 2. The minimum atomic E-state index is -0.432. The molecular weight excluding hydrogens is 320 g/mol. The Morgan fingerprint density at radius 1 is 1.04 bits per heavy atom. The van der Waals surface area contributed by atoms with E-state index in [1.165, 1.54) is 12.1 Å². The lowest BCUT2D eigenvalue weighted by molar-refractivity contribution is -0.384. The van der Waals surface area contributed by atoms with E-state index in [0.29, 0.717) is 25.9 Å². The maximum Gasteiger partial charge on any atom is 0.269 e. The number of nitrogens with zero attached hydrogens (tertiary/aromatic N) is 1. The van der Waals surface area contributed by atoms with Crippen LogP contribution in [0.4, 0.5) is 17.1 Å². The largest absolute Gasteiger partial charge is 0.399 e. The van der Waals surface area contributed by atoms with Crippen LogP contribution in [0.25, 0.3) is 0 Å². The summed E-state index contributed by atoms with van der Waals surface area (Å²) in [5, 5.41) is 16.6. The first kappa shape index (κ1) is 18.3. The molecule has 2 rings (SSSR count). The number of anilines is 2. The summed E-state index contributed by atoms with van der Waals surface area (Å²) >= 11 is 0. The Labute approximate surface area is 146 Å². The Hall–Kier alpha value is -3.09. The molecule has 2 aromatic rings. The molecule has 2 aromatic carbocycles. The molecule has 0 aliphatic carbocycles. The zero-order valence-corrected chi connectivity index (χ0v) is 13.9. The third kappa shape index (κ3) is 6.50. The van der Waals surface area contributed by atoms with Crippen LogP contribution >= 0.6 is 0 Å². The molecule has 7 heteroatoms. The number of carbonyl (C=O) groups excluding carboxylic acids is 1. The van der Waals surface area contributed by atoms with Crippen LogP contribution in [0.3, 0.4) is 0 Å². The topological polar surface area (TPSA) is 110 Å². The van der Waals surface area contributed by atoms with E-state index in [-0.39, 0.29) is 11.6 Å². The van der Waals surface area contributed by atoms with E-state index in [1.54, 1.807) is 12.1 Å². The number of nitro groups is 1. The number of amides is 1. The van der Waals surface area contributed by atoms with Crippen molar-refractivity contribution in [1.82, 2.24) is 5.32 Å². The second-order valence-electron chi connectivity index (χ2n) is 5.68. The Bertz CT molecular complexity index is 699. The quantitative estimate of drug-likeness (QED) is 0.281. The van der Waals surface area contributed by atoms with Gasteiger partial charge in [-0.05, 0) is 42.7 Å². The lowest BCUT2D eigenvalue weighted by Gasteiger charge is -2.07. The van der Waals surface area contributed by atoms with Crippen molar-refractivity contribution < 1.29 is 9.72 Å². The van der Waals surface area contributed by atoms with Gasteiger partial charge in [0.15, 0.2) is 0 Å². The summed E-state index contributed by atoms with van der Waals surface area (Å²) < 4.78 is 0. The van der Waals surface area contributed by atoms with Gasteiger partial charge in [0, 0.05) is 43.0 Å². The highest BCUT2D eigenvalue weighted by molar-refractivity contribution is 5.75. The average Bonchev–Trinajstić information content (AvgIpc) is 2.61. The minimum absolute atomic E-state index is 0.0148. The fraction of sp³-hybridized carbons (Fsp3) is 0.278. The molecular formula is C18H22N4O3. The van der Waals surface area contributed by atoms with Crippen molar-refractivity contribution in [3.05, 3.63) is 64.2 Å². The summed E-state index contributed by atoms with van der Waals surface area (Å²) in [5.74, 6) is 0.0148. The summed E-state index contributed by atoms with van der Waals surface area (Å²) in [4.78, 5) is 21.9. The molecule has 0 heterocycles. The molecule has 0 aliphatic heterocycles. The van der Waals surface area contributed by atoms with Gasteiger partial charge in [-0.1, -0.05) is 12.1 Å². The fourth-order valence-electron chi connectivity index (χ4n) is 2.30. The van der Waals surface area contributed by atoms with Crippen molar-refractivity contribution in [3.8, 4) is 0 Å². The van der Waals surface area contributed by atoms with E-state index in [2.05, 4.69) is 10.6 Å². The van der Waals surface area contributed by atoms with Crippen LogP contribution in [0.2, 0.25) is 0 Å². The molecule has 0 aliphatic rings. The molecule has 0 fully saturated rings. The summed E-state index contributed by atoms with van der Waals surface area (Å²) in [7, 11) is 0. The Balaban J connectivity index is 1.58. The number of nitro benzene ring substituents is 1. The SMILES string of the molecule is Nc1ccc(CCNC(=O)CCCNc2ccc([N+](=O)[O-])cc2)cc1. The van der Waals surface area contributed by atoms with Gasteiger partial charge < -0.3 is 16.4 Å². The molecule has 1 amide bonds. The summed E-state index contributed by atoms with van der Waals surface area (Å²) in [6, 6.07) is 13.8. The molecule has 0 atom stereocenters. The molecule has 0 unspecified atom stereocenters. The third-order valence-electron chi connectivity index (χ3n) is 3.70. The maximum atomic E-state index is 11.8. The van der Waals surface area contributed by atoms with E-state index in [9.17, 15) is 14.9 Å². The Morgan fingerprint density at radius 2 is 1.72 bits per heavy atom. The average molecular weight is 342 g/mol. The first-order valence-electron chi connectivity index (χ1n) is 8.14. The molecule has 25 heavy (non-hydrogen) atoms. The second-order valence-corrected chi connectivity index (χ2v) is 5.68. The molecule has 0 spiro atoms. The monoisotopic (exact) mass is 342 g/mol. The van der Waals surface area contributed by atoms with Crippen LogP contribution in [0.15, 0.2) is 48.5 Å². The molecule has 0 aromatic heterocycles. The number of nitrogen functional groups attached to an aromatic ring is 1. The number of hydrogen-bond donors (Lipinski definition) is 3. The van der Waals surface area contributed by atoms with Crippen LogP contribution in [0.5, 0.6) is 0 Å². The van der Waals surface area contributed by atoms with Gasteiger partial charge in [-0.15, -0.1) is 0 Å². The van der Waals surface area contributed by atoms with Crippen molar-refractivity contribution in [2.45, 2.75) is 19.3 Å². The fourth-order valence-corrected chi connectivity index (χ4v) is 2.30. The highest BCUT2D eigenvalue weighted by atomic mass is 16.6. The van der Waals surface area contributed by atoms with Gasteiger partial charge in [-0.25, -0.2) is 0 Å². The molecule has 0 saturated heterocycles. The van der Waals surface area contributed by atoms with E-state index >= 15 is 0 Å². The first-order valence-corrected chi connectivity index (χ1v) is 8.14. The zero-order valence-electron chi connectivity index (χ0n) is 13.9. The number of hydrogen-bond acceptors (Lipinski definition) is 5. The number of nitrogens with two attached hydrogens (primary N) is 1. The van der Waals surface area contributed by atoms with Crippen LogP contribution < -0.4 is 16.4 Å². The van der Waals surface area contributed by atoms with Crippen molar-refractivity contribution >= 4 is 23.0 Å². The molecule has 132 valence electrons. The maximum absolute atomic E-state index is 11.8. The van der Waals surface area contributed by atoms with Crippen molar-refractivity contribution in [2.24, 2.45) is 0 Å². The lowest BCUT2D eigenvalue weighted by atomic mass is 10.1. The third-order valence-corrected chi connectivity index (χ3v) is 3.70. The molecule has 0 radical (unpaired) electrons. The van der Waals surface area contributed by atoms with Gasteiger partial charge in [0.2, 0.25) is 5.91 Å². The highest BCUT2D eigenvalue weighted by Gasteiger charge is 2.04. The van der Waals surface area contributed by atoms with Gasteiger partial charge in [0.25, 0.3) is 5.69 Å². The van der Waals surface area contributed by atoms with E-state index < -0.39 is 4.92 Å². The van der Waals surface area contributed by atoms with Gasteiger partial charge in [0.05, 0.1) is 4.92 Å². The van der Waals surface area contributed by atoms with Gasteiger partial charge >= 0.3 is 0 Å². The standard InChI is InChI=1S/C18H22N4O3/c19-15-5-3-14(4-6-15)11-13-21-18(23)2-1-12-20-16-7-9-17(10-8-16)22(24)25/h3-10,20H,1-2,11-13,19H2,(H,21,23). The molecule has 7 nitrogen and oxygen atoms in total. The smallest absolute Gasteiger partial charge is 0.269 e. The predicted molar refractivity (Wildman–Crippen MR) is 98.4 cm³/mol. The number of rotatable bonds is 9. The minimum Gasteiger partial charge on any atom is -0.399 e. The van der Waals surface area contributed by atoms with E-state index in [4.69, 9.17) is 5.73 Å². The Morgan fingerprint density at radius 3 is 2.36 bits per heavy atom. The number of non-ortho nitro benzene ring substituents is 1. The zero-order chi connectivity index (χ0) is 18.1. The number of carbonyl (C=O) groups is 1. The van der Waals surface area contributed by atoms with Crippen molar-refractivity contribution in [1.29, 1.82) is 0 Å². The van der Waals surface area contributed by atoms with Crippen molar-refractivity contribution in [2.75, 3.05) is 24.1 Å². The molecule has 0 saturated carbocycles. The normalized spacial score (nSPS) is 10.2. The summed E-state index contributed by atoms with van der Waals surface area (Å²) in [6.07, 6.45) is 1.89. The van der Waals surface area contributed by atoms with Gasteiger partial charge in [-0.2, -0.15) is 0 Å². The second kappa shape index (κ2) is 9.27. The van der Waals surface area contributed by atoms with Crippen LogP contribution in [-0.4, -0.2) is 23.9 Å². The number of benzene rings is 2. The molecule has 4 N–H and O–H groups in total. The van der Waals surface area contributed by atoms with Crippen molar-refractivity contribution in [3.63, 3.8) is 0 Å². The van der Waals surface area contributed by atoms with Gasteiger partial charge in [-0.3, -0.25) is 14.9 Å².